The molecule has 0 aliphatic heterocycles. The molecule has 0 unspecified atom stereocenters. The number of hydrogen-bond donors (Lipinski definition) is 2. The molecule has 5 aromatic rings. The maximum Gasteiger partial charge on any atom is 0.257 e. The van der Waals surface area contributed by atoms with Gasteiger partial charge in [-0.25, -0.2) is 9.97 Å². The number of fused-ring (bicyclic) bond motifs is 2. The summed E-state index contributed by atoms with van der Waals surface area (Å²) in [5, 5.41) is 3.06. The lowest BCUT2D eigenvalue weighted by Crippen LogP contribution is -2.27. The van der Waals surface area contributed by atoms with Crippen LogP contribution in [0, 0.1) is 0 Å². The van der Waals surface area contributed by atoms with Gasteiger partial charge in [0.05, 0.1) is 29.9 Å². The van der Waals surface area contributed by atoms with Crippen molar-refractivity contribution in [2.24, 2.45) is 0 Å². The van der Waals surface area contributed by atoms with Crippen LogP contribution >= 0.6 is 0 Å². The molecular weight excluding hydrogens is 414 g/mol. The van der Waals surface area contributed by atoms with Crippen LogP contribution in [0.15, 0.2) is 78.9 Å². The minimum Gasteiger partial charge on any atom is -0.497 e. The average molecular weight is 438 g/mol. The van der Waals surface area contributed by atoms with E-state index in [0.29, 0.717) is 28.0 Å². The molecule has 0 aliphatic carbocycles. The van der Waals surface area contributed by atoms with E-state index in [9.17, 15) is 4.79 Å². The standard InChI is InChI=1S/C26H23N5O2/c1-16(17-9-4-3-5-10-17)28-26(32)22-23-25(30-21-14-7-6-13-20(21)29-23)31(24(22)27)18-11-8-12-19(15-18)33-2/h3-16H,27H2,1-2H3,(H,28,32)/t16-/m1/s1. The molecule has 3 N–H and O–H groups in total. The fourth-order valence-corrected chi connectivity index (χ4v) is 3.99. The molecule has 33 heavy (non-hydrogen) atoms. The summed E-state index contributed by atoms with van der Waals surface area (Å²) in [6.07, 6.45) is 0. The van der Waals surface area contributed by atoms with Crippen molar-refractivity contribution in [3.8, 4) is 11.4 Å². The molecule has 0 saturated heterocycles. The number of carbonyl (C=O) groups is 1. The van der Waals surface area contributed by atoms with E-state index in [4.69, 9.17) is 20.4 Å². The minimum atomic E-state index is -0.305. The van der Waals surface area contributed by atoms with Gasteiger partial charge in [-0.3, -0.25) is 9.36 Å². The Hall–Kier alpha value is -4.39. The third kappa shape index (κ3) is 3.63. The number of methoxy groups -OCH3 is 1. The number of aromatic nitrogens is 3. The number of amides is 1. The third-order valence-corrected chi connectivity index (χ3v) is 5.68. The number of nitrogens with zero attached hydrogens (tertiary/aromatic N) is 3. The number of ether oxygens (including phenoxy) is 1. The van der Waals surface area contributed by atoms with E-state index in [1.807, 2.05) is 85.8 Å². The number of benzene rings is 3. The molecule has 0 spiro atoms. The van der Waals surface area contributed by atoms with Crippen molar-refractivity contribution in [1.82, 2.24) is 19.9 Å². The molecule has 0 radical (unpaired) electrons. The van der Waals surface area contributed by atoms with Crippen LogP contribution in [0.25, 0.3) is 27.9 Å². The van der Waals surface area contributed by atoms with Crippen LogP contribution in [-0.2, 0) is 0 Å². The number of para-hydroxylation sites is 2. The van der Waals surface area contributed by atoms with Gasteiger partial charge in [0.25, 0.3) is 5.91 Å². The van der Waals surface area contributed by atoms with Gasteiger partial charge in [-0.2, -0.15) is 0 Å². The summed E-state index contributed by atoms with van der Waals surface area (Å²) < 4.78 is 7.13. The van der Waals surface area contributed by atoms with Crippen molar-refractivity contribution in [1.29, 1.82) is 0 Å². The Bertz CT molecular complexity index is 1480. The van der Waals surface area contributed by atoms with E-state index in [1.54, 1.807) is 11.7 Å². The topological polar surface area (TPSA) is 95.1 Å². The molecule has 7 heteroatoms. The first-order valence-corrected chi connectivity index (χ1v) is 10.6. The smallest absolute Gasteiger partial charge is 0.257 e. The lowest BCUT2D eigenvalue weighted by atomic mass is 10.1. The fourth-order valence-electron chi connectivity index (χ4n) is 3.99. The summed E-state index contributed by atoms with van der Waals surface area (Å²) >= 11 is 0. The highest BCUT2D eigenvalue weighted by molar-refractivity contribution is 6.11. The Kier molecular flexibility index (Phi) is 5.14. The monoisotopic (exact) mass is 437 g/mol. The zero-order valence-electron chi connectivity index (χ0n) is 18.3. The second-order valence-electron chi connectivity index (χ2n) is 7.79. The third-order valence-electron chi connectivity index (χ3n) is 5.68. The van der Waals surface area contributed by atoms with Crippen LogP contribution in [0.4, 0.5) is 5.82 Å². The molecule has 1 amide bonds. The van der Waals surface area contributed by atoms with Crippen molar-refractivity contribution < 1.29 is 9.53 Å². The zero-order chi connectivity index (χ0) is 22.9. The zero-order valence-corrected chi connectivity index (χ0v) is 18.3. The van der Waals surface area contributed by atoms with Crippen LogP contribution in [0.3, 0.4) is 0 Å². The highest BCUT2D eigenvalue weighted by Crippen LogP contribution is 2.32. The maximum atomic E-state index is 13.5. The quantitative estimate of drug-likeness (QED) is 0.417. The Balaban J connectivity index is 1.70. The van der Waals surface area contributed by atoms with Crippen LogP contribution in [0.5, 0.6) is 5.75 Å². The second-order valence-corrected chi connectivity index (χ2v) is 7.79. The van der Waals surface area contributed by atoms with Gasteiger partial charge >= 0.3 is 0 Å². The lowest BCUT2D eigenvalue weighted by molar-refractivity contribution is 0.0942. The highest BCUT2D eigenvalue weighted by atomic mass is 16.5. The molecule has 0 saturated carbocycles. The number of nitrogens with one attached hydrogen (secondary N) is 1. The SMILES string of the molecule is COc1cccc(-n2c(N)c(C(=O)N[C@H](C)c3ccccc3)c3nc4ccccc4nc32)c1. The van der Waals surface area contributed by atoms with Crippen molar-refractivity contribution in [3.05, 3.63) is 90.0 Å². The van der Waals surface area contributed by atoms with E-state index in [2.05, 4.69) is 5.32 Å². The van der Waals surface area contributed by atoms with E-state index in [0.717, 1.165) is 16.8 Å². The first-order chi connectivity index (χ1) is 16.1. The largest absolute Gasteiger partial charge is 0.497 e. The molecule has 2 heterocycles. The number of anilines is 1. The number of hydrogen-bond acceptors (Lipinski definition) is 5. The van der Waals surface area contributed by atoms with Gasteiger partial charge in [-0.15, -0.1) is 0 Å². The van der Waals surface area contributed by atoms with Crippen LogP contribution in [0.1, 0.15) is 28.9 Å². The van der Waals surface area contributed by atoms with Gasteiger partial charge in [0, 0.05) is 6.07 Å². The molecule has 0 bridgehead atoms. The van der Waals surface area contributed by atoms with E-state index >= 15 is 0 Å². The van der Waals surface area contributed by atoms with Gasteiger partial charge in [0.1, 0.15) is 22.6 Å². The average Bonchev–Trinajstić information content (AvgIpc) is 3.13. The number of nitrogens with two attached hydrogens (primary N) is 1. The van der Waals surface area contributed by atoms with Gasteiger partial charge in [-0.05, 0) is 36.8 Å². The molecule has 3 aromatic carbocycles. The molecule has 7 nitrogen and oxygen atoms in total. The van der Waals surface area contributed by atoms with Crippen molar-refractivity contribution >= 4 is 33.9 Å². The molecule has 0 aliphatic rings. The van der Waals surface area contributed by atoms with Gasteiger partial charge in [0.2, 0.25) is 0 Å². The van der Waals surface area contributed by atoms with Crippen LogP contribution in [0.2, 0.25) is 0 Å². The normalized spacial score (nSPS) is 12.1. The van der Waals surface area contributed by atoms with Crippen molar-refractivity contribution in [2.45, 2.75) is 13.0 Å². The summed E-state index contributed by atoms with van der Waals surface area (Å²) in [7, 11) is 1.60. The molecule has 1 atom stereocenters. The van der Waals surface area contributed by atoms with Crippen LogP contribution in [-0.4, -0.2) is 27.6 Å². The maximum absolute atomic E-state index is 13.5. The number of carbonyl (C=O) groups excluding carboxylic acids is 1. The molecule has 164 valence electrons. The van der Waals surface area contributed by atoms with Gasteiger partial charge < -0.3 is 15.8 Å². The fraction of sp³-hybridized carbons (Fsp3) is 0.115. The van der Waals surface area contributed by atoms with E-state index in [-0.39, 0.29) is 17.8 Å². The van der Waals surface area contributed by atoms with Crippen molar-refractivity contribution in [3.63, 3.8) is 0 Å². The second kappa shape index (κ2) is 8.27. The number of nitrogen functional groups attached to an aromatic ring is 1. The predicted octanol–water partition coefficient (Wildman–Crippen LogP) is 4.66. The molecular formula is C26H23N5O2. The Morgan fingerprint density at radius 2 is 1.67 bits per heavy atom. The summed E-state index contributed by atoms with van der Waals surface area (Å²) in [5.74, 6) is 0.637. The van der Waals surface area contributed by atoms with Crippen LogP contribution < -0.4 is 15.8 Å². The van der Waals surface area contributed by atoms with Crippen molar-refractivity contribution in [2.75, 3.05) is 12.8 Å². The first-order valence-electron chi connectivity index (χ1n) is 10.6. The lowest BCUT2D eigenvalue weighted by Gasteiger charge is -2.14. The molecule has 0 fully saturated rings. The first kappa shape index (κ1) is 20.5. The minimum absolute atomic E-state index is 0.207. The Morgan fingerprint density at radius 3 is 2.39 bits per heavy atom. The Morgan fingerprint density at radius 1 is 0.970 bits per heavy atom. The van der Waals surface area contributed by atoms with Gasteiger partial charge in [0.15, 0.2) is 5.65 Å². The Labute approximate surface area is 190 Å². The highest BCUT2D eigenvalue weighted by Gasteiger charge is 2.26. The predicted molar refractivity (Wildman–Crippen MR) is 130 cm³/mol. The number of rotatable bonds is 5. The summed E-state index contributed by atoms with van der Waals surface area (Å²) in [6.45, 7) is 1.94. The van der Waals surface area contributed by atoms with E-state index in [1.165, 1.54) is 0 Å². The van der Waals surface area contributed by atoms with E-state index < -0.39 is 0 Å². The summed E-state index contributed by atoms with van der Waals surface area (Å²) in [6, 6.07) is 24.6. The summed E-state index contributed by atoms with van der Waals surface area (Å²) in [5.41, 5.74) is 11.0. The molecule has 5 rings (SSSR count). The molecule has 2 aromatic heterocycles. The van der Waals surface area contributed by atoms with Gasteiger partial charge in [-0.1, -0.05) is 48.5 Å². The summed E-state index contributed by atoms with van der Waals surface area (Å²) in [4.78, 5) is 23.1.